The quantitative estimate of drug-likeness (QED) is 0.267. The number of anilines is 1. The Kier molecular flexibility index (Phi) is 9.64. The van der Waals surface area contributed by atoms with E-state index in [2.05, 4.69) is 6.58 Å². The monoisotopic (exact) mass is 393 g/mol. The molecule has 0 fully saturated rings. The Hall–Kier alpha value is -2.28. The van der Waals surface area contributed by atoms with Crippen molar-refractivity contribution in [1.82, 2.24) is 0 Å². The van der Waals surface area contributed by atoms with Gasteiger partial charge in [-0.2, -0.15) is 0 Å². The highest BCUT2D eigenvalue weighted by atomic mass is 32.2. The number of thioether (sulfide) groups is 1. The van der Waals surface area contributed by atoms with Gasteiger partial charge >= 0.3 is 11.9 Å². The van der Waals surface area contributed by atoms with E-state index in [0.717, 1.165) is 17.3 Å². The molecule has 0 aliphatic rings. The lowest BCUT2D eigenvalue weighted by molar-refractivity contribution is -0.173. The van der Waals surface area contributed by atoms with Gasteiger partial charge in [-0.15, -0.1) is 6.58 Å². The molecule has 0 radical (unpaired) electrons. The molecule has 0 heterocycles. The number of rotatable bonds is 11. The van der Waals surface area contributed by atoms with Gasteiger partial charge in [-0.3, -0.25) is 14.4 Å². The van der Waals surface area contributed by atoms with Gasteiger partial charge in [0, 0.05) is 17.9 Å². The Morgan fingerprint density at radius 3 is 2.26 bits per heavy atom. The summed E-state index contributed by atoms with van der Waals surface area (Å²) in [6, 6.07) is 7.44. The van der Waals surface area contributed by atoms with E-state index in [4.69, 9.17) is 15.2 Å². The Morgan fingerprint density at radius 1 is 1.15 bits per heavy atom. The highest BCUT2D eigenvalue weighted by Gasteiger charge is 2.49. The van der Waals surface area contributed by atoms with Crippen molar-refractivity contribution in [3.05, 3.63) is 42.5 Å². The van der Waals surface area contributed by atoms with Crippen LogP contribution >= 0.6 is 11.8 Å². The summed E-state index contributed by atoms with van der Waals surface area (Å²) in [5, 5.41) is -0.285. The number of hydrogen-bond donors (Lipinski definition) is 1. The van der Waals surface area contributed by atoms with Crippen molar-refractivity contribution in [2.75, 3.05) is 24.7 Å². The lowest BCUT2D eigenvalue weighted by atomic mass is 9.81. The van der Waals surface area contributed by atoms with Gasteiger partial charge in [0.25, 0.3) is 0 Å². The van der Waals surface area contributed by atoms with Crippen molar-refractivity contribution < 1.29 is 23.9 Å². The number of aryl methyl sites for hydroxylation is 1. The number of esters is 2. The highest BCUT2D eigenvalue weighted by molar-refractivity contribution is 8.13. The summed E-state index contributed by atoms with van der Waals surface area (Å²) in [6.45, 7) is 7.09. The third kappa shape index (κ3) is 6.43. The number of nitrogen functional groups attached to an aromatic ring is 1. The Balaban J connectivity index is 2.84. The van der Waals surface area contributed by atoms with Crippen LogP contribution in [-0.2, 0) is 30.3 Å². The van der Waals surface area contributed by atoms with Crippen LogP contribution in [0.25, 0.3) is 0 Å². The first-order chi connectivity index (χ1) is 12.9. The number of carbonyl (C=O) groups is 3. The lowest BCUT2D eigenvalue weighted by Gasteiger charge is -2.27. The van der Waals surface area contributed by atoms with Gasteiger partial charge in [-0.05, 0) is 38.3 Å². The highest BCUT2D eigenvalue weighted by Crippen LogP contribution is 2.33. The lowest BCUT2D eigenvalue weighted by Crippen LogP contribution is -2.43. The Bertz CT molecular complexity index is 656. The molecule has 0 aromatic heterocycles. The predicted octanol–water partition coefficient (Wildman–Crippen LogP) is 3.15. The SMILES string of the molecule is C=CCC(CC(=O)SCCc1ccccc1N)(C(=O)OCC)C(=O)OCC. The van der Waals surface area contributed by atoms with Crippen LogP contribution in [0.4, 0.5) is 5.69 Å². The van der Waals surface area contributed by atoms with E-state index in [9.17, 15) is 14.4 Å². The van der Waals surface area contributed by atoms with Crippen molar-refractivity contribution in [2.45, 2.75) is 33.1 Å². The Morgan fingerprint density at radius 2 is 1.74 bits per heavy atom. The average molecular weight is 394 g/mol. The summed E-state index contributed by atoms with van der Waals surface area (Å²) in [7, 11) is 0. The molecule has 1 rings (SSSR count). The standard InChI is InChI=1S/C20H27NO5S/c1-4-12-20(18(23)25-5-2,19(24)26-6-3)14-17(22)27-13-11-15-9-7-8-10-16(15)21/h4,7-10H,1,5-6,11-14,21H2,2-3H3. The Labute approximate surface area is 164 Å². The van der Waals surface area contributed by atoms with Crippen LogP contribution in [0.5, 0.6) is 0 Å². The van der Waals surface area contributed by atoms with E-state index in [0.29, 0.717) is 17.9 Å². The van der Waals surface area contributed by atoms with Crippen LogP contribution < -0.4 is 5.73 Å². The van der Waals surface area contributed by atoms with Crippen LogP contribution in [0.15, 0.2) is 36.9 Å². The number of allylic oxidation sites excluding steroid dienone is 1. The van der Waals surface area contributed by atoms with Gasteiger partial charge in [-0.25, -0.2) is 0 Å². The second-order valence-electron chi connectivity index (χ2n) is 5.86. The van der Waals surface area contributed by atoms with E-state index in [1.807, 2.05) is 18.2 Å². The summed E-state index contributed by atoms with van der Waals surface area (Å²) in [5.74, 6) is -1.03. The molecule has 0 amide bonds. The zero-order valence-electron chi connectivity index (χ0n) is 15.9. The molecule has 7 heteroatoms. The van der Waals surface area contributed by atoms with Crippen molar-refractivity contribution >= 4 is 34.5 Å². The normalized spacial score (nSPS) is 10.9. The minimum atomic E-state index is -1.69. The van der Waals surface area contributed by atoms with E-state index >= 15 is 0 Å². The number of para-hydroxylation sites is 1. The molecule has 0 aliphatic heterocycles. The predicted molar refractivity (Wildman–Crippen MR) is 107 cm³/mol. The summed E-state index contributed by atoms with van der Waals surface area (Å²) >= 11 is 1.06. The first kappa shape index (κ1) is 22.8. The van der Waals surface area contributed by atoms with E-state index < -0.39 is 17.4 Å². The number of carbonyl (C=O) groups excluding carboxylic acids is 3. The fraction of sp³-hybridized carbons (Fsp3) is 0.450. The molecule has 0 spiro atoms. The molecule has 2 N–H and O–H groups in total. The molecule has 0 atom stereocenters. The van der Waals surface area contributed by atoms with E-state index in [1.165, 1.54) is 6.08 Å². The molecule has 0 saturated heterocycles. The summed E-state index contributed by atoms with van der Waals surface area (Å²) < 4.78 is 10.1. The first-order valence-corrected chi connectivity index (χ1v) is 9.84. The fourth-order valence-electron chi connectivity index (χ4n) is 2.59. The molecule has 27 heavy (non-hydrogen) atoms. The summed E-state index contributed by atoms with van der Waals surface area (Å²) in [6.07, 6.45) is 1.71. The van der Waals surface area contributed by atoms with Crippen molar-refractivity contribution in [2.24, 2.45) is 5.41 Å². The number of ether oxygens (including phenoxy) is 2. The van der Waals surface area contributed by atoms with Crippen LogP contribution in [0, 0.1) is 5.41 Å². The van der Waals surface area contributed by atoms with Gasteiger partial charge in [0.05, 0.1) is 13.2 Å². The molecule has 0 unspecified atom stereocenters. The zero-order valence-corrected chi connectivity index (χ0v) is 16.7. The largest absolute Gasteiger partial charge is 0.465 e. The number of nitrogens with two attached hydrogens (primary N) is 1. The van der Waals surface area contributed by atoms with Crippen molar-refractivity contribution in [3.8, 4) is 0 Å². The maximum absolute atomic E-state index is 12.5. The fourth-order valence-corrected chi connectivity index (χ4v) is 3.48. The van der Waals surface area contributed by atoms with Crippen molar-refractivity contribution in [1.29, 1.82) is 0 Å². The zero-order chi connectivity index (χ0) is 20.3. The molecule has 0 saturated carbocycles. The molecular weight excluding hydrogens is 366 g/mol. The molecule has 6 nitrogen and oxygen atoms in total. The van der Waals surface area contributed by atoms with Crippen LogP contribution in [0.1, 0.15) is 32.3 Å². The molecule has 1 aromatic carbocycles. The maximum atomic E-state index is 12.5. The van der Waals surface area contributed by atoms with Gasteiger partial charge in [0.15, 0.2) is 10.5 Å². The second kappa shape index (κ2) is 11.4. The topological polar surface area (TPSA) is 95.7 Å². The third-order valence-corrected chi connectivity index (χ3v) is 4.84. The molecule has 1 aromatic rings. The molecule has 0 bridgehead atoms. The minimum Gasteiger partial charge on any atom is -0.465 e. The van der Waals surface area contributed by atoms with Crippen molar-refractivity contribution in [3.63, 3.8) is 0 Å². The smallest absolute Gasteiger partial charge is 0.324 e. The number of benzene rings is 1. The molecule has 148 valence electrons. The summed E-state index contributed by atoms with van der Waals surface area (Å²) in [5.41, 5.74) is 5.83. The van der Waals surface area contributed by atoms with Gasteiger partial charge in [-0.1, -0.05) is 36.0 Å². The first-order valence-electron chi connectivity index (χ1n) is 8.85. The number of hydrogen-bond acceptors (Lipinski definition) is 7. The minimum absolute atomic E-state index is 0.0252. The molecule has 0 aliphatic carbocycles. The van der Waals surface area contributed by atoms with Crippen LogP contribution in [0.2, 0.25) is 0 Å². The van der Waals surface area contributed by atoms with Crippen LogP contribution in [0.3, 0.4) is 0 Å². The summed E-state index contributed by atoms with van der Waals surface area (Å²) in [4.78, 5) is 37.5. The molecular formula is C20H27NO5S. The van der Waals surface area contributed by atoms with Gasteiger partial charge in [0.2, 0.25) is 0 Å². The van der Waals surface area contributed by atoms with Crippen LogP contribution in [-0.4, -0.2) is 36.0 Å². The van der Waals surface area contributed by atoms with Gasteiger partial charge < -0.3 is 15.2 Å². The second-order valence-corrected chi connectivity index (χ2v) is 7.01. The van der Waals surface area contributed by atoms with E-state index in [-0.39, 0.29) is 31.2 Å². The van der Waals surface area contributed by atoms with E-state index in [1.54, 1.807) is 19.9 Å². The van der Waals surface area contributed by atoms with Gasteiger partial charge in [0.1, 0.15) is 0 Å². The third-order valence-electron chi connectivity index (χ3n) is 3.96. The maximum Gasteiger partial charge on any atom is 0.324 e. The average Bonchev–Trinajstić information content (AvgIpc) is 2.63.